The monoisotopic (exact) mass is 177 g/mol. The van der Waals surface area contributed by atoms with Gasteiger partial charge in [0.2, 0.25) is 10.0 Å². The Labute approximate surface area is 65.1 Å². The van der Waals surface area contributed by atoms with Crippen molar-refractivity contribution in [1.29, 1.82) is 0 Å². The van der Waals surface area contributed by atoms with E-state index in [2.05, 4.69) is 12.6 Å². The maximum Gasteiger partial charge on any atom is 0.235 e. The molecule has 0 N–H and O–H groups in total. The van der Waals surface area contributed by atoms with E-state index in [1.54, 1.807) is 6.07 Å². The largest absolute Gasteiger partial charge is 0.252 e. The summed E-state index contributed by atoms with van der Waals surface area (Å²) in [7, 11) is -3.11. The van der Waals surface area contributed by atoms with Gasteiger partial charge in [-0.25, -0.2) is 8.42 Å². The first-order chi connectivity index (χ1) is 4.50. The van der Waals surface area contributed by atoms with Crippen LogP contribution >= 0.6 is 12.6 Å². The third kappa shape index (κ3) is 1.54. The fourth-order valence-corrected chi connectivity index (χ4v) is 1.43. The predicted octanol–water partition coefficient (Wildman–Crippen LogP) is 0.585. The van der Waals surface area contributed by atoms with Gasteiger partial charge in [0, 0.05) is 17.3 Å². The van der Waals surface area contributed by atoms with Crippen molar-refractivity contribution in [2.24, 2.45) is 0 Å². The summed E-state index contributed by atoms with van der Waals surface area (Å²) in [5, 5.41) is 0. The minimum atomic E-state index is -3.11. The van der Waals surface area contributed by atoms with E-state index >= 15 is 0 Å². The van der Waals surface area contributed by atoms with Crippen molar-refractivity contribution in [3.05, 3.63) is 18.5 Å². The highest BCUT2D eigenvalue weighted by atomic mass is 32.2. The van der Waals surface area contributed by atoms with Crippen LogP contribution in [0.25, 0.3) is 0 Å². The summed E-state index contributed by atoms with van der Waals surface area (Å²) in [6.07, 6.45) is 4.04. The van der Waals surface area contributed by atoms with Gasteiger partial charge in [0.05, 0.1) is 6.26 Å². The van der Waals surface area contributed by atoms with Crippen molar-refractivity contribution in [3.63, 3.8) is 0 Å². The molecule has 1 aromatic rings. The molecule has 3 nitrogen and oxygen atoms in total. The zero-order valence-corrected chi connectivity index (χ0v) is 7.06. The zero-order chi connectivity index (χ0) is 7.78. The van der Waals surface area contributed by atoms with Gasteiger partial charge >= 0.3 is 0 Å². The number of thiol groups is 1. The maximum atomic E-state index is 10.8. The average molecular weight is 177 g/mol. The number of hydrogen-bond donors (Lipinski definition) is 1. The molecule has 1 heterocycles. The lowest BCUT2D eigenvalue weighted by molar-refractivity contribution is 0.593. The molecule has 56 valence electrons. The lowest BCUT2D eigenvalue weighted by atomic mass is 10.7. The molecule has 0 aliphatic rings. The minimum absolute atomic E-state index is 0.644. The van der Waals surface area contributed by atoms with Crippen LogP contribution in [0.5, 0.6) is 0 Å². The smallest absolute Gasteiger partial charge is 0.235 e. The molecule has 0 fully saturated rings. The SMILES string of the molecule is CS(=O)(=O)n1ccc(S)c1. The first kappa shape index (κ1) is 7.68. The van der Waals surface area contributed by atoms with E-state index < -0.39 is 10.0 Å². The summed E-state index contributed by atoms with van der Waals surface area (Å²) in [6, 6.07) is 1.62. The topological polar surface area (TPSA) is 39.1 Å². The molecule has 0 saturated heterocycles. The first-order valence-corrected chi connectivity index (χ1v) is 4.87. The van der Waals surface area contributed by atoms with Gasteiger partial charge in [0.15, 0.2) is 0 Å². The van der Waals surface area contributed by atoms with Gasteiger partial charge in [-0.1, -0.05) is 0 Å². The predicted molar refractivity (Wildman–Crippen MR) is 41.9 cm³/mol. The highest BCUT2D eigenvalue weighted by molar-refractivity contribution is 7.89. The van der Waals surface area contributed by atoms with Gasteiger partial charge in [-0.2, -0.15) is 0 Å². The van der Waals surface area contributed by atoms with Crippen LogP contribution in [0.3, 0.4) is 0 Å². The van der Waals surface area contributed by atoms with Crippen molar-refractivity contribution in [2.75, 3.05) is 6.26 Å². The summed E-state index contributed by atoms with van der Waals surface area (Å²) in [6.45, 7) is 0. The second kappa shape index (κ2) is 2.32. The molecule has 0 bridgehead atoms. The molecule has 0 aromatic carbocycles. The summed E-state index contributed by atoms with van der Waals surface area (Å²) in [4.78, 5) is 0.644. The lowest BCUT2D eigenvalue weighted by Gasteiger charge is -1.94. The molecule has 0 aliphatic carbocycles. The van der Waals surface area contributed by atoms with E-state index in [0.29, 0.717) is 4.90 Å². The highest BCUT2D eigenvalue weighted by Gasteiger charge is 2.02. The van der Waals surface area contributed by atoms with Crippen molar-refractivity contribution in [2.45, 2.75) is 4.90 Å². The Balaban J connectivity index is 3.21. The van der Waals surface area contributed by atoms with Crippen molar-refractivity contribution in [1.82, 2.24) is 3.97 Å². The second-order valence-electron chi connectivity index (χ2n) is 1.96. The molecular weight excluding hydrogens is 170 g/mol. The fourth-order valence-electron chi connectivity index (χ4n) is 0.573. The minimum Gasteiger partial charge on any atom is -0.252 e. The standard InChI is InChI=1S/C5H7NO2S2/c1-10(7,8)6-3-2-5(9)4-6/h2-4,9H,1H3. The summed E-state index contributed by atoms with van der Waals surface area (Å²) >= 11 is 3.95. The molecule has 1 rings (SSSR count). The summed E-state index contributed by atoms with van der Waals surface area (Å²) in [5.74, 6) is 0. The van der Waals surface area contributed by atoms with Gasteiger partial charge in [-0.3, -0.25) is 3.97 Å². The number of hydrogen-bond acceptors (Lipinski definition) is 3. The molecular formula is C5H7NO2S2. The Kier molecular flexibility index (Phi) is 1.78. The molecule has 10 heavy (non-hydrogen) atoms. The number of rotatable bonds is 1. The van der Waals surface area contributed by atoms with Crippen LogP contribution in [0.2, 0.25) is 0 Å². The van der Waals surface area contributed by atoms with E-state index in [-0.39, 0.29) is 0 Å². The van der Waals surface area contributed by atoms with Gasteiger partial charge in [0.1, 0.15) is 0 Å². The van der Waals surface area contributed by atoms with E-state index in [0.717, 1.165) is 10.2 Å². The Hall–Kier alpha value is -0.420. The third-order valence-electron chi connectivity index (χ3n) is 1.03. The summed E-state index contributed by atoms with van der Waals surface area (Å²) in [5.41, 5.74) is 0. The molecule has 0 aliphatic heterocycles. The van der Waals surface area contributed by atoms with Gasteiger partial charge in [-0.05, 0) is 6.07 Å². The van der Waals surface area contributed by atoms with E-state index in [1.807, 2.05) is 0 Å². The highest BCUT2D eigenvalue weighted by Crippen LogP contribution is 2.06. The average Bonchev–Trinajstić information content (AvgIpc) is 2.11. The Morgan fingerprint density at radius 2 is 2.20 bits per heavy atom. The molecule has 0 radical (unpaired) electrons. The normalized spacial score (nSPS) is 11.8. The van der Waals surface area contributed by atoms with E-state index in [1.165, 1.54) is 12.4 Å². The molecule has 5 heteroatoms. The number of aromatic nitrogens is 1. The molecule has 0 spiro atoms. The van der Waals surface area contributed by atoms with Gasteiger partial charge in [-0.15, -0.1) is 12.6 Å². The van der Waals surface area contributed by atoms with Crippen LogP contribution < -0.4 is 0 Å². The van der Waals surface area contributed by atoms with Crippen molar-refractivity contribution >= 4 is 22.7 Å². The lowest BCUT2D eigenvalue weighted by Crippen LogP contribution is -2.06. The van der Waals surface area contributed by atoms with Crippen LogP contribution in [0.15, 0.2) is 23.4 Å². The second-order valence-corrected chi connectivity index (χ2v) is 4.37. The quantitative estimate of drug-likeness (QED) is 0.637. The Morgan fingerprint density at radius 1 is 1.60 bits per heavy atom. The molecule has 0 unspecified atom stereocenters. The fraction of sp³-hybridized carbons (Fsp3) is 0.200. The van der Waals surface area contributed by atoms with Crippen molar-refractivity contribution in [3.8, 4) is 0 Å². The maximum absolute atomic E-state index is 10.8. The summed E-state index contributed by atoms with van der Waals surface area (Å²) < 4.78 is 22.7. The third-order valence-corrected chi connectivity index (χ3v) is 2.29. The van der Waals surface area contributed by atoms with Gasteiger partial charge in [0.25, 0.3) is 0 Å². The van der Waals surface area contributed by atoms with E-state index in [9.17, 15) is 8.42 Å². The van der Waals surface area contributed by atoms with Crippen LogP contribution in [0, 0.1) is 0 Å². The van der Waals surface area contributed by atoms with Crippen molar-refractivity contribution < 1.29 is 8.42 Å². The molecule has 1 aromatic heterocycles. The Morgan fingerprint density at radius 3 is 2.40 bits per heavy atom. The first-order valence-electron chi connectivity index (χ1n) is 2.57. The Bertz CT molecular complexity index is 325. The van der Waals surface area contributed by atoms with Crippen LogP contribution in [0.4, 0.5) is 0 Å². The zero-order valence-electron chi connectivity index (χ0n) is 5.35. The molecule has 0 saturated carbocycles. The molecule has 0 amide bonds. The van der Waals surface area contributed by atoms with Crippen LogP contribution in [-0.4, -0.2) is 18.6 Å². The van der Waals surface area contributed by atoms with E-state index in [4.69, 9.17) is 0 Å². The van der Waals surface area contributed by atoms with Crippen LogP contribution in [0.1, 0.15) is 0 Å². The van der Waals surface area contributed by atoms with Crippen LogP contribution in [-0.2, 0) is 10.0 Å². The number of nitrogens with zero attached hydrogens (tertiary/aromatic N) is 1. The molecule has 0 atom stereocenters. The van der Waals surface area contributed by atoms with Gasteiger partial charge < -0.3 is 0 Å².